The van der Waals surface area contributed by atoms with Crippen molar-refractivity contribution in [3.63, 3.8) is 0 Å². The van der Waals surface area contributed by atoms with Crippen molar-refractivity contribution < 1.29 is 35.7 Å². The molecular weight excluding hydrogens is 496 g/mol. The van der Waals surface area contributed by atoms with Gasteiger partial charge in [0.05, 0.1) is 0 Å². The maximum atomic E-state index is 9.54. The Morgan fingerprint density at radius 2 is 0.692 bits per heavy atom. The summed E-state index contributed by atoms with van der Waals surface area (Å²) in [7, 11) is 0. The maximum Gasteiger partial charge on any atom is 0.157 e. The van der Waals surface area contributed by atoms with Crippen molar-refractivity contribution in [2.45, 2.75) is 27.7 Å². The Labute approximate surface area is 227 Å². The summed E-state index contributed by atoms with van der Waals surface area (Å²) in [6.45, 7) is 7.61. The SMILES string of the molecule is C/C(=C(/C)c1cc(O)cc(O)c1)c1ccc(O)cc1.C/C(=C(/C)c1ccc(O)c(O)c1)c1cc(O)cc(O)c1. The van der Waals surface area contributed by atoms with Gasteiger partial charge in [-0.25, -0.2) is 0 Å². The molecule has 0 saturated carbocycles. The molecule has 7 heteroatoms. The molecule has 0 radical (unpaired) electrons. The van der Waals surface area contributed by atoms with E-state index < -0.39 is 0 Å². The minimum Gasteiger partial charge on any atom is -0.508 e. The van der Waals surface area contributed by atoms with E-state index in [2.05, 4.69) is 0 Å². The Morgan fingerprint density at radius 1 is 0.333 bits per heavy atom. The summed E-state index contributed by atoms with van der Waals surface area (Å²) in [4.78, 5) is 0. The van der Waals surface area contributed by atoms with Crippen LogP contribution in [0.25, 0.3) is 22.3 Å². The highest BCUT2D eigenvalue weighted by atomic mass is 16.3. The Bertz CT molecular complexity index is 1510. The van der Waals surface area contributed by atoms with Crippen molar-refractivity contribution in [2.75, 3.05) is 0 Å². The molecule has 0 aliphatic rings. The molecule has 39 heavy (non-hydrogen) atoms. The van der Waals surface area contributed by atoms with Crippen LogP contribution in [0.4, 0.5) is 0 Å². The molecule has 0 aliphatic carbocycles. The third-order valence-electron chi connectivity index (χ3n) is 6.50. The monoisotopic (exact) mass is 528 g/mol. The number of benzene rings is 4. The lowest BCUT2D eigenvalue weighted by molar-refractivity contribution is 0.403. The molecule has 0 bridgehead atoms. The predicted molar refractivity (Wildman–Crippen MR) is 154 cm³/mol. The maximum absolute atomic E-state index is 9.54. The lowest BCUT2D eigenvalue weighted by Crippen LogP contribution is -1.87. The molecule has 0 atom stereocenters. The van der Waals surface area contributed by atoms with Gasteiger partial charge in [-0.3, -0.25) is 0 Å². The zero-order valence-corrected chi connectivity index (χ0v) is 22.1. The van der Waals surface area contributed by atoms with Crippen LogP contribution in [0.2, 0.25) is 0 Å². The molecule has 202 valence electrons. The molecular formula is C32H32O7. The Hall–Kier alpha value is -5.04. The minimum atomic E-state index is -0.187. The fraction of sp³-hybridized carbons (Fsp3) is 0.125. The van der Waals surface area contributed by atoms with Crippen molar-refractivity contribution in [3.05, 3.63) is 101 Å². The van der Waals surface area contributed by atoms with E-state index in [0.29, 0.717) is 5.56 Å². The fourth-order valence-electron chi connectivity index (χ4n) is 3.96. The second-order valence-electron chi connectivity index (χ2n) is 9.23. The van der Waals surface area contributed by atoms with Gasteiger partial charge in [-0.2, -0.15) is 0 Å². The van der Waals surface area contributed by atoms with Gasteiger partial charge in [-0.1, -0.05) is 18.2 Å². The van der Waals surface area contributed by atoms with Crippen molar-refractivity contribution in [1.29, 1.82) is 0 Å². The van der Waals surface area contributed by atoms with E-state index in [0.717, 1.165) is 39.0 Å². The van der Waals surface area contributed by atoms with Crippen molar-refractivity contribution in [2.24, 2.45) is 0 Å². The molecule has 0 amide bonds. The van der Waals surface area contributed by atoms with Gasteiger partial charge >= 0.3 is 0 Å². The largest absolute Gasteiger partial charge is 0.508 e. The second-order valence-corrected chi connectivity index (χ2v) is 9.23. The van der Waals surface area contributed by atoms with Crippen LogP contribution in [-0.4, -0.2) is 35.7 Å². The molecule has 7 N–H and O–H groups in total. The summed E-state index contributed by atoms with van der Waals surface area (Å²) in [5.74, 6) is -0.0890. The van der Waals surface area contributed by atoms with Gasteiger partial charge in [0, 0.05) is 12.1 Å². The number of rotatable bonds is 4. The highest BCUT2D eigenvalue weighted by Crippen LogP contribution is 2.34. The van der Waals surface area contributed by atoms with E-state index in [1.807, 2.05) is 39.8 Å². The van der Waals surface area contributed by atoms with Gasteiger partial charge in [-0.05, 0) is 121 Å². The third-order valence-corrected chi connectivity index (χ3v) is 6.50. The predicted octanol–water partition coefficient (Wildman–Crippen LogP) is 7.21. The molecule has 0 fully saturated rings. The Balaban J connectivity index is 0.000000216. The van der Waals surface area contributed by atoms with E-state index in [4.69, 9.17) is 0 Å². The van der Waals surface area contributed by atoms with E-state index >= 15 is 0 Å². The first kappa shape index (κ1) is 28.5. The van der Waals surface area contributed by atoms with Gasteiger partial charge in [0.2, 0.25) is 0 Å². The lowest BCUT2D eigenvalue weighted by atomic mass is 9.96. The van der Waals surface area contributed by atoms with Crippen LogP contribution in [0, 0.1) is 0 Å². The van der Waals surface area contributed by atoms with E-state index in [9.17, 15) is 35.7 Å². The van der Waals surface area contributed by atoms with Crippen LogP contribution in [0.1, 0.15) is 49.9 Å². The number of allylic oxidation sites excluding steroid dienone is 4. The summed E-state index contributed by atoms with van der Waals surface area (Å²) in [6.07, 6.45) is 0. The molecule has 0 unspecified atom stereocenters. The summed E-state index contributed by atoms with van der Waals surface area (Å²) in [5, 5.41) is 66.2. The summed E-state index contributed by atoms with van der Waals surface area (Å²) < 4.78 is 0. The third kappa shape index (κ3) is 7.26. The lowest BCUT2D eigenvalue weighted by Gasteiger charge is -2.10. The number of aromatic hydroxyl groups is 7. The van der Waals surface area contributed by atoms with Gasteiger partial charge in [0.25, 0.3) is 0 Å². The van der Waals surface area contributed by atoms with Crippen LogP contribution in [0.15, 0.2) is 78.9 Å². The molecule has 0 aliphatic heterocycles. The second kappa shape index (κ2) is 12.0. The van der Waals surface area contributed by atoms with Crippen molar-refractivity contribution in [3.8, 4) is 40.2 Å². The smallest absolute Gasteiger partial charge is 0.157 e. The number of phenols is 7. The average molecular weight is 529 g/mol. The highest BCUT2D eigenvalue weighted by molar-refractivity contribution is 5.90. The molecule has 4 aromatic carbocycles. The number of hydrogen-bond donors (Lipinski definition) is 7. The highest BCUT2D eigenvalue weighted by Gasteiger charge is 2.09. The van der Waals surface area contributed by atoms with E-state index in [1.54, 1.807) is 42.5 Å². The quantitative estimate of drug-likeness (QED) is 0.110. The zero-order chi connectivity index (χ0) is 28.9. The first-order chi connectivity index (χ1) is 18.3. The summed E-state index contributed by atoms with van der Waals surface area (Å²) in [6, 6.07) is 20.4. The summed E-state index contributed by atoms with van der Waals surface area (Å²) >= 11 is 0. The Kier molecular flexibility index (Phi) is 8.78. The topological polar surface area (TPSA) is 142 Å². The minimum absolute atomic E-state index is 0.0132. The average Bonchev–Trinajstić information content (AvgIpc) is 2.88. The van der Waals surface area contributed by atoms with Crippen LogP contribution in [-0.2, 0) is 0 Å². The van der Waals surface area contributed by atoms with Crippen LogP contribution in [0.5, 0.6) is 40.2 Å². The molecule has 0 spiro atoms. The van der Waals surface area contributed by atoms with E-state index in [1.165, 1.54) is 24.3 Å². The fourth-order valence-corrected chi connectivity index (χ4v) is 3.96. The van der Waals surface area contributed by atoms with Gasteiger partial charge < -0.3 is 35.7 Å². The molecule has 0 aromatic heterocycles. The van der Waals surface area contributed by atoms with Gasteiger partial charge in [0.15, 0.2) is 11.5 Å². The van der Waals surface area contributed by atoms with Crippen LogP contribution < -0.4 is 0 Å². The molecule has 4 aromatic rings. The Morgan fingerprint density at radius 3 is 1.10 bits per heavy atom. The first-order valence-corrected chi connectivity index (χ1v) is 12.1. The molecule has 0 heterocycles. The zero-order valence-electron chi connectivity index (χ0n) is 22.1. The normalized spacial score (nSPS) is 12.1. The van der Waals surface area contributed by atoms with Crippen LogP contribution in [0.3, 0.4) is 0 Å². The van der Waals surface area contributed by atoms with Gasteiger partial charge in [0.1, 0.15) is 28.7 Å². The molecule has 4 rings (SSSR count). The van der Waals surface area contributed by atoms with Crippen molar-refractivity contribution in [1.82, 2.24) is 0 Å². The van der Waals surface area contributed by atoms with E-state index in [-0.39, 0.29) is 40.2 Å². The van der Waals surface area contributed by atoms with Gasteiger partial charge in [-0.15, -0.1) is 0 Å². The van der Waals surface area contributed by atoms with Crippen molar-refractivity contribution >= 4 is 22.3 Å². The number of hydrogen-bond acceptors (Lipinski definition) is 7. The first-order valence-electron chi connectivity index (χ1n) is 12.1. The molecule has 7 nitrogen and oxygen atoms in total. The number of phenolic OH excluding ortho intramolecular Hbond substituents is 7. The molecule has 0 saturated heterocycles. The van der Waals surface area contributed by atoms with Crippen LogP contribution >= 0.6 is 0 Å². The summed E-state index contributed by atoms with van der Waals surface area (Å²) in [5.41, 5.74) is 6.88. The standard InChI is InChI=1S/C16H16O4.C16H16O3/c1-9(11-3-4-15(19)16(20)7-11)10(2)12-5-13(17)8-14(18)6-12;1-10(12-3-5-14(17)6-4-12)11(2)13-7-15(18)9-16(19)8-13/h3-8,17-20H,1-2H3;3-9,17-19H,1-2H3/b10-9+;11-10+.